The quantitative estimate of drug-likeness (QED) is 0.321. The predicted molar refractivity (Wildman–Crippen MR) is 72.9 cm³/mol. The van der Waals surface area contributed by atoms with E-state index < -0.39 is 10.0 Å². The molecule has 0 bridgehead atoms. The lowest BCUT2D eigenvalue weighted by Crippen LogP contribution is -2.24. The van der Waals surface area contributed by atoms with Crippen molar-refractivity contribution in [3.63, 3.8) is 0 Å². The van der Waals surface area contributed by atoms with Gasteiger partial charge in [0.05, 0.1) is 0 Å². The lowest BCUT2D eigenvalue weighted by Gasteiger charge is -2.00. The Bertz CT molecular complexity index is 487. The Hall–Kier alpha value is -0.330. The van der Waals surface area contributed by atoms with Crippen LogP contribution in [0.5, 0.6) is 0 Å². The van der Waals surface area contributed by atoms with E-state index in [2.05, 4.69) is 42.8 Å². The molecule has 10 heteroatoms. The van der Waals surface area contributed by atoms with Crippen LogP contribution in [0.25, 0.3) is 0 Å². The minimum Gasteiger partial charge on any atom is -0.301 e. The molecule has 0 aliphatic heterocycles. The Morgan fingerprint density at radius 2 is 2.18 bits per heavy atom. The van der Waals surface area contributed by atoms with E-state index in [0.717, 1.165) is 22.2 Å². The van der Waals surface area contributed by atoms with Crippen LogP contribution in [-0.2, 0) is 14.8 Å². The average molecular weight is 390 g/mol. The zero-order valence-corrected chi connectivity index (χ0v) is 12.7. The molecular weight excluding hydrogens is 379 g/mol. The number of nitrogens with zero attached hydrogens (tertiary/aromatic N) is 2. The van der Waals surface area contributed by atoms with E-state index in [0.29, 0.717) is 6.54 Å². The van der Waals surface area contributed by atoms with E-state index in [-0.39, 0.29) is 15.4 Å². The average Bonchev–Trinajstić information content (AvgIpc) is 2.66. The zero-order chi connectivity index (χ0) is 12.9. The molecule has 0 unspecified atom stereocenters. The molecule has 0 aliphatic rings. The Balaban J connectivity index is 2.71. The standard InChI is InChI=1S/C7H11IN4O3S2/c1-5(13)10-6-11-12-7(16-6)17(14,15)9-4-2-3-8/h9H,2-4H2,1H3,(H,10,11,13). The summed E-state index contributed by atoms with van der Waals surface area (Å²) in [5.41, 5.74) is 0. The third-order valence-electron chi connectivity index (χ3n) is 1.52. The lowest BCUT2D eigenvalue weighted by atomic mass is 10.5. The van der Waals surface area contributed by atoms with Gasteiger partial charge in [0.1, 0.15) is 0 Å². The maximum Gasteiger partial charge on any atom is 0.269 e. The molecular formula is C7H11IN4O3S2. The third kappa shape index (κ3) is 4.81. The monoisotopic (exact) mass is 390 g/mol. The van der Waals surface area contributed by atoms with Crippen molar-refractivity contribution in [2.24, 2.45) is 0 Å². The van der Waals surface area contributed by atoms with Gasteiger partial charge in [-0.05, 0) is 6.42 Å². The summed E-state index contributed by atoms with van der Waals surface area (Å²) < 4.78 is 26.5. The van der Waals surface area contributed by atoms with Crippen molar-refractivity contribution in [3.05, 3.63) is 0 Å². The minimum atomic E-state index is -3.61. The number of carbonyl (C=O) groups excluding carboxylic acids is 1. The summed E-state index contributed by atoms with van der Waals surface area (Å²) in [6.45, 7) is 1.68. The largest absolute Gasteiger partial charge is 0.301 e. The van der Waals surface area contributed by atoms with Crippen LogP contribution in [-0.4, -0.2) is 35.5 Å². The first kappa shape index (κ1) is 14.7. The number of alkyl halides is 1. The van der Waals surface area contributed by atoms with Crippen LogP contribution in [0.2, 0.25) is 0 Å². The lowest BCUT2D eigenvalue weighted by molar-refractivity contribution is -0.114. The number of amides is 1. The van der Waals surface area contributed by atoms with Crippen molar-refractivity contribution < 1.29 is 13.2 Å². The summed E-state index contributed by atoms with van der Waals surface area (Å²) in [4.78, 5) is 10.7. The number of hydrogen-bond acceptors (Lipinski definition) is 6. The van der Waals surface area contributed by atoms with Crippen molar-refractivity contribution in [1.29, 1.82) is 0 Å². The summed E-state index contributed by atoms with van der Waals surface area (Å²) in [5, 5.41) is 9.64. The van der Waals surface area contributed by atoms with Crippen molar-refractivity contribution in [3.8, 4) is 0 Å². The second kappa shape index (κ2) is 6.56. The first-order valence-electron chi connectivity index (χ1n) is 4.62. The second-order valence-corrected chi connectivity index (χ2v) is 6.99. The van der Waals surface area contributed by atoms with Gasteiger partial charge in [-0.15, -0.1) is 10.2 Å². The van der Waals surface area contributed by atoms with Gasteiger partial charge in [0.25, 0.3) is 10.0 Å². The van der Waals surface area contributed by atoms with Gasteiger partial charge in [0.2, 0.25) is 15.4 Å². The molecule has 0 aliphatic carbocycles. The molecule has 2 N–H and O–H groups in total. The highest BCUT2D eigenvalue weighted by molar-refractivity contribution is 14.1. The van der Waals surface area contributed by atoms with Gasteiger partial charge in [0, 0.05) is 17.9 Å². The van der Waals surface area contributed by atoms with Crippen LogP contribution >= 0.6 is 33.9 Å². The van der Waals surface area contributed by atoms with Crippen molar-refractivity contribution in [1.82, 2.24) is 14.9 Å². The summed E-state index contributed by atoms with van der Waals surface area (Å²) in [5.74, 6) is -0.317. The fourth-order valence-corrected chi connectivity index (χ4v) is 3.30. The maximum atomic E-state index is 11.7. The molecule has 0 fully saturated rings. The fourth-order valence-electron chi connectivity index (χ4n) is 0.855. The van der Waals surface area contributed by atoms with Crippen LogP contribution in [0.3, 0.4) is 0 Å². The van der Waals surface area contributed by atoms with E-state index in [1.807, 2.05) is 0 Å². The van der Waals surface area contributed by atoms with Gasteiger partial charge >= 0.3 is 0 Å². The number of rotatable bonds is 6. The Morgan fingerprint density at radius 3 is 2.76 bits per heavy atom. The number of nitrogens with one attached hydrogen (secondary N) is 2. The Labute approximate surface area is 117 Å². The van der Waals surface area contributed by atoms with Crippen molar-refractivity contribution >= 4 is 55.0 Å². The number of halogens is 1. The van der Waals surface area contributed by atoms with E-state index in [4.69, 9.17) is 0 Å². The maximum absolute atomic E-state index is 11.7. The molecule has 0 aromatic carbocycles. The zero-order valence-electron chi connectivity index (χ0n) is 8.93. The highest BCUT2D eigenvalue weighted by atomic mass is 127. The van der Waals surface area contributed by atoms with Crippen LogP contribution in [0, 0.1) is 0 Å². The molecule has 1 rings (SSSR count). The molecule has 1 aromatic heterocycles. The number of anilines is 1. The normalized spacial score (nSPS) is 11.4. The first-order valence-corrected chi connectivity index (χ1v) is 8.45. The molecule has 17 heavy (non-hydrogen) atoms. The molecule has 7 nitrogen and oxygen atoms in total. The summed E-state index contributed by atoms with van der Waals surface area (Å²) in [6.07, 6.45) is 0.747. The number of sulfonamides is 1. The molecule has 1 heterocycles. The Morgan fingerprint density at radius 1 is 1.47 bits per heavy atom. The van der Waals surface area contributed by atoms with E-state index in [9.17, 15) is 13.2 Å². The third-order valence-corrected chi connectivity index (χ3v) is 4.95. The van der Waals surface area contributed by atoms with Gasteiger partial charge in [-0.1, -0.05) is 33.9 Å². The fraction of sp³-hybridized carbons (Fsp3) is 0.571. The van der Waals surface area contributed by atoms with Gasteiger partial charge in [-0.2, -0.15) is 0 Å². The van der Waals surface area contributed by atoms with Gasteiger partial charge in [-0.3, -0.25) is 4.79 Å². The molecule has 0 atom stereocenters. The highest BCUT2D eigenvalue weighted by Gasteiger charge is 2.19. The van der Waals surface area contributed by atoms with Crippen LogP contribution in [0.15, 0.2) is 4.34 Å². The second-order valence-electron chi connectivity index (χ2n) is 2.99. The molecule has 96 valence electrons. The van der Waals surface area contributed by atoms with Gasteiger partial charge < -0.3 is 5.32 Å². The number of carbonyl (C=O) groups is 1. The van der Waals surface area contributed by atoms with Crippen molar-refractivity contribution in [2.45, 2.75) is 17.7 Å². The first-order chi connectivity index (χ1) is 7.95. The SMILES string of the molecule is CC(=O)Nc1nnc(S(=O)(=O)NCCCI)s1. The van der Waals surface area contributed by atoms with Crippen LogP contribution in [0.4, 0.5) is 5.13 Å². The topological polar surface area (TPSA) is 101 Å². The van der Waals surface area contributed by atoms with E-state index in [1.54, 1.807) is 0 Å². The summed E-state index contributed by atoms with van der Waals surface area (Å²) >= 11 is 2.98. The summed E-state index contributed by atoms with van der Waals surface area (Å²) in [6, 6.07) is 0. The molecule has 1 amide bonds. The molecule has 0 saturated heterocycles. The summed E-state index contributed by atoms with van der Waals surface area (Å²) in [7, 11) is -3.61. The molecule has 0 radical (unpaired) electrons. The molecule has 1 aromatic rings. The Kier molecular flexibility index (Phi) is 5.69. The highest BCUT2D eigenvalue weighted by Crippen LogP contribution is 2.19. The van der Waals surface area contributed by atoms with Gasteiger partial charge in [-0.25, -0.2) is 13.1 Å². The number of aromatic nitrogens is 2. The minimum absolute atomic E-state index is 0.144. The smallest absolute Gasteiger partial charge is 0.269 e. The molecule has 0 saturated carbocycles. The van der Waals surface area contributed by atoms with Crippen molar-refractivity contribution in [2.75, 3.05) is 16.3 Å². The van der Waals surface area contributed by atoms with Crippen LogP contribution in [0.1, 0.15) is 13.3 Å². The van der Waals surface area contributed by atoms with Crippen LogP contribution < -0.4 is 10.0 Å². The van der Waals surface area contributed by atoms with Gasteiger partial charge in [0.15, 0.2) is 0 Å². The number of hydrogen-bond donors (Lipinski definition) is 2. The van der Waals surface area contributed by atoms with E-state index >= 15 is 0 Å². The molecule has 0 spiro atoms. The van der Waals surface area contributed by atoms with E-state index in [1.165, 1.54) is 6.92 Å². The predicted octanol–water partition coefficient (Wildman–Crippen LogP) is 0.600.